The molecule has 64 valence electrons. The fourth-order valence-corrected chi connectivity index (χ4v) is 1.57. The van der Waals surface area contributed by atoms with Gasteiger partial charge in [-0.2, -0.15) is 0 Å². The third-order valence-electron chi connectivity index (χ3n) is 2.65. The molecule has 0 spiro atoms. The molecule has 0 aromatic carbocycles. The Labute approximate surface area is 67.9 Å². The number of methoxy groups -OCH3 is 1. The summed E-state index contributed by atoms with van der Waals surface area (Å²) in [5.74, 6) is 1.64. The molecule has 1 fully saturated rings. The molecule has 0 atom stereocenters. The lowest BCUT2D eigenvalue weighted by Crippen LogP contribution is -2.33. The zero-order valence-corrected chi connectivity index (χ0v) is 7.46. The highest BCUT2D eigenvalue weighted by atomic mass is 16.5. The van der Waals surface area contributed by atoms with Crippen molar-refractivity contribution in [1.82, 2.24) is 0 Å². The monoisotopic (exact) mass is 156 g/mol. The van der Waals surface area contributed by atoms with E-state index in [9.17, 15) is 4.79 Å². The minimum atomic E-state index is -0.0260. The molecular formula is C9H16O2. The Morgan fingerprint density at radius 3 is 2.36 bits per heavy atom. The zero-order valence-electron chi connectivity index (χ0n) is 7.46. The summed E-state index contributed by atoms with van der Waals surface area (Å²) in [6.45, 7) is 4.41. The molecule has 1 rings (SSSR count). The Morgan fingerprint density at radius 1 is 1.45 bits per heavy atom. The molecule has 0 aromatic heterocycles. The Hall–Kier alpha value is -0.530. The van der Waals surface area contributed by atoms with Crippen LogP contribution < -0.4 is 0 Å². The Balaban J connectivity index is 2.24. The van der Waals surface area contributed by atoms with Crippen molar-refractivity contribution in [1.29, 1.82) is 0 Å². The third-order valence-corrected chi connectivity index (χ3v) is 2.65. The smallest absolute Gasteiger partial charge is 0.308 e. The van der Waals surface area contributed by atoms with Crippen LogP contribution in [0.5, 0.6) is 0 Å². The molecular weight excluding hydrogens is 140 g/mol. The van der Waals surface area contributed by atoms with Crippen LogP contribution in [0.25, 0.3) is 0 Å². The number of carbonyl (C=O) groups excluding carboxylic acids is 1. The zero-order chi connectivity index (χ0) is 8.43. The molecule has 0 radical (unpaired) electrons. The van der Waals surface area contributed by atoms with Crippen molar-refractivity contribution in [2.24, 2.45) is 17.8 Å². The molecule has 1 saturated carbocycles. The maximum absolute atomic E-state index is 10.9. The van der Waals surface area contributed by atoms with Gasteiger partial charge in [0, 0.05) is 0 Å². The standard InChI is InChI=1S/C9H16O2/c1-6(2)7-4-8(5-7)9(10)11-3/h6-8H,4-5H2,1-3H3/t7-,8-. The third kappa shape index (κ3) is 1.73. The second-order valence-corrected chi connectivity index (χ2v) is 3.70. The molecule has 1 aliphatic rings. The largest absolute Gasteiger partial charge is 0.469 e. The van der Waals surface area contributed by atoms with E-state index in [0.29, 0.717) is 0 Å². The predicted molar refractivity (Wildman–Crippen MR) is 43.1 cm³/mol. The molecule has 0 amide bonds. The molecule has 0 unspecified atom stereocenters. The first-order chi connectivity index (χ1) is 5.15. The van der Waals surface area contributed by atoms with Crippen LogP contribution in [0.2, 0.25) is 0 Å². The van der Waals surface area contributed by atoms with E-state index in [4.69, 9.17) is 0 Å². The van der Waals surface area contributed by atoms with E-state index >= 15 is 0 Å². The Bertz CT molecular complexity index is 146. The Morgan fingerprint density at radius 2 is 2.00 bits per heavy atom. The second kappa shape index (κ2) is 3.24. The van der Waals surface area contributed by atoms with E-state index in [-0.39, 0.29) is 11.9 Å². The van der Waals surface area contributed by atoms with E-state index in [2.05, 4.69) is 18.6 Å². The normalized spacial score (nSPS) is 29.8. The molecule has 11 heavy (non-hydrogen) atoms. The van der Waals surface area contributed by atoms with Gasteiger partial charge < -0.3 is 4.74 Å². The van der Waals surface area contributed by atoms with Gasteiger partial charge in [-0.25, -0.2) is 0 Å². The molecule has 0 saturated heterocycles. The van der Waals surface area contributed by atoms with Crippen LogP contribution in [0.1, 0.15) is 26.7 Å². The van der Waals surface area contributed by atoms with E-state index in [1.165, 1.54) is 7.11 Å². The van der Waals surface area contributed by atoms with Crippen LogP contribution in [-0.4, -0.2) is 13.1 Å². The van der Waals surface area contributed by atoms with Gasteiger partial charge >= 0.3 is 5.97 Å². The fourth-order valence-electron chi connectivity index (χ4n) is 1.57. The van der Waals surface area contributed by atoms with Crippen molar-refractivity contribution in [3.05, 3.63) is 0 Å². The van der Waals surface area contributed by atoms with Gasteiger partial charge in [-0.3, -0.25) is 4.79 Å². The first-order valence-corrected chi connectivity index (χ1v) is 4.23. The molecule has 2 heteroatoms. The summed E-state index contributed by atoms with van der Waals surface area (Å²) < 4.78 is 4.64. The Kier molecular flexibility index (Phi) is 2.53. The van der Waals surface area contributed by atoms with Gasteiger partial charge in [-0.05, 0) is 24.7 Å². The molecule has 0 bridgehead atoms. The van der Waals surface area contributed by atoms with Gasteiger partial charge in [0.05, 0.1) is 13.0 Å². The number of carbonyl (C=O) groups is 1. The van der Waals surface area contributed by atoms with Crippen LogP contribution in [0.3, 0.4) is 0 Å². The van der Waals surface area contributed by atoms with Crippen molar-refractivity contribution >= 4 is 5.97 Å². The minimum absolute atomic E-state index is 0.0260. The number of ether oxygens (including phenoxy) is 1. The molecule has 0 N–H and O–H groups in total. The van der Waals surface area contributed by atoms with E-state index in [1.54, 1.807) is 0 Å². The van der Waals surface area contributed by atoms with Crippen LogP contribution in [0.15, 0.2) is 0 Å². The van der Waals surface area contributed by atoms with Crippen molar-refractivity contribution in [3.63, 3.8) is 0 Å². The topological polar surface area (TPSA) is 26.3 Å². The minimum Gasteiger partial charge on any atom is -0.469 e. The number of hydrogen-bond acceptors (Lipinski definition) is 2. The highest BCUT2D eigenvalue weighted by Crippen LogP contribution is 2.39. The first-order valence-electron chi connectivity index (χ1n) is 4.23. The average molecular weight is 156 g/mol. The lowest BCUT2D eigenvalue weighted by atomic mass is 9.69. The van der Waals surface area contributed by atoms with Gasteiger partial charge in [0.15, 0.2) is 0 Å². The fraction of sp³-hybridized carbons (Fsp3) is 0.889. The van der Waals surface area contributed by atoms with E-state index in [1.807, 2.05) is 0 Å². The summed E-state index contributed by atoms with van der Waals surface area (Å²) in [7, 11) is 1.46. The molecule has 0 aromatic rings. The van der Waals surface area contributed by atoms with Crippen LogP contribution in [0.4, 0.5) is 0 Å². The van der Waals surface area contributed by atoms with Gasteiger partial charge in [0.25, 0.3) is 0 Å². The van der Waals surface area contributed by atoms with Gasteiger partial charge in [0.2, 0.25) is 0 Å². The van der Waals surface area contributed by atoms with E-state index < -0.39 is 0 Å². The molecule has 0 aliphatic heterocycles. The summed E-state index contributed by atoms with van der Waals surface area (Å²) in [6, 6.07) is 0. The highest BCUT2D eigenvalue weighted by Gasteiger charge is 2.36. The maximum atomic E-state index is 10.9. The van der Waals surface area contributed by atoms with Gasteiger partial charge in [-0.15, -0.1) is 0 Å². The lowest BCUT2D eigenvalue weighted by Gasteiger charge is -2.35. The summed E-state index contributed by atoms with van der Waals surface area (Å²) >= 11 is 0. The van der Waals surface area contributed by atoms with Crippen LogP contribution >= 0.6 is 0 Å². The van der Waals surface area contributed by atoms with Gasteiger partial charge in [0.1, 0.15) is 0 Å². The average Bonchev–Trinajstić information content (AvgIpc) is 1.83. The first kappa shape index (κ1) is 8.57. The molecule has 0 heterocycles. The van der Waals surface area contributed by atoms with E-state index in [0.717, 1.165) is 24.7 Å². The van der Waals surface area contributed by atoms with Crippen molar-refractivity contribution < 1.29 is 9.53 Å². The number of hydrogen-bond donors (Lipinski definition) is 0. The van der Waals surface area contributed by atoms with Crippen LogP contribution in [-0.2, 0) is 9.53 Å². The quantitative estimate of drug-likeness (QED) is 0.570. The molecule has 2 nitrogen and oxygen atoms in total. The summed E-state index contributed by atoms with van der Waals surface area (Å²) in [6.07, 6.45) is 2.06. The molecule has 1 aliphatic carbocycles. The van der Waals surface area contributed by atoms with Crippen molar-refractivity contribution in [3.8, 4) is 0 Å². The number of esters is 1. The summed E-state index contributed by atoms with van der Waals surface area (Å²) in [5, 5.41) is 0. The summed E-state index contributed by atoms with van der Waals surface area (Å²) in [4.78, 5) is 10.9. The second-order valence-electron chi connectivity index (χ2n) is 3.70. The van der Waals surface area contributed by atoms with Crippen LogP contribution in [0, 0.1) is 17.8 Å². The maximum Gasteiger partial charge on any atom is 0.308 e. The predicted octanol–water partition coefficient (Wildman–Crippen LogP) is 1.84. The van der Waals surface area contributed by atoms with Gasteiger partial charge in [-0.1, -0.05) is 13.8 Å². The summed E-state index contributed by atoms with van der Waals surface area (Å²) in [5.41, 5.74) is 0. The SMILES string of the molecule is COC(=O)[C@H]1C[C@H](C(C)C)C1. The number of rotatable bonds is 2. The van der Waals surface area contributed by atoms with Crippen molar-refractivity contribution in [2.75, 3.05) is 7.11 Å². The van der Waals surface area contributed by atoms with Crippen molar-refractivity contribution in [2.45, 2.75) is 26.7 Å². The highest BCUT2D eigenvalue weighted by molar-refractivity contribution is 5.73. The lowest BCUT2D eigenvalue weighted by molar-refractivity contribution is -0.150.